The highest BCUT2D eigenvalue weighted by Crippen LogP contribution is 2.29. The minimum atomic E-state index is -0.0950. The molecule has 0 saturated heterocycles. The molecule has 0 saturated carbocycles. The lowest BCUT2D eigenvalue weighted by atomic mass is 10.1. The molecule has 0 fully saturated rings. The summed E-state index contributed by atoms with van der Waals surface area (Å²) in [5.74, 6) is 1.42. The van der Waals surface area contributed by atoms with Crippen LogP contribution < -0.4 is 10.5 Å². The van der Waals surface area contributed by atoms with E-state index < -0.39 is 0 Å². The molecule has 0 radical (unpaired) electrons. The minimum absolute atomic E-state index is 0.0950. The van der Waals surface area contributed by atoms with Gasteiger partial charge in [-0.15, -0.1) is 0 Å². The maximum absolute atomic E-state index is 8.94. The Balaban J connectivity index is 2.28. The second-order valence-electron chi connectivity index (χ2n) is 4.86. The SMILES string of the molecule is Cc1cc(C#N)cc(C)c1Oc1ccc(C(C)N)nc1. The molecule has 0 spiro atoms. The van der Waals surface area contributed by atoms with Crippen LogP contribution in [-0.2, 0) is 0 Å². The molecule has 102 valence electrons. The summed E-state index contributed by atoms with van der Waals surface area (Å²) in [5, 5.41) is 8.94. The average molecular weight is 267 g/mol. The van der Waals surface area contributed by atoms with Crippen molar-refractivity contribution in [1.82, 2.24) is 4.98 Å². The van der Waals surface area contributed by atoms with E-state index in [4.69, 9.17) is 15.7 Å². The Bertz CT molecular complexity index is 631. The van der Waals surface area contributed by atoms with E-state index in [1.54, 1.807) is 6.20 Å². The quantitative estimate of drug-likeness (QED) is 0.925. The Hall–Kier alpha value is -2.38. The van der Waals surface area contributed by atoms with Crippen LogP contribution in [0.15, 0.2) is 30.5 Å². The number of rotatable bonds is 3. The fourth-order valence-electron chi connectivity index (χ4n) is 2.02. The zero-order valence-corrected chi connectivity index (χ0v) is 11.8. The van der Waals surface area contributed by atoms with Gasteiger partial charge in [0, 0.05) is 6.04 Å². The first-order valence-corrected chi connectivity index (χ1v) is 6.42. The van der Waals surface area contributed by atoms with Gasteiger partial charge in [-0.2, -0.15) is 5.26 Å². The second kappa shape index (κ2) is 5.72. The molecule has 2 rings (SSSR count). The van der Waals surface area contributed by atoms with Gasteiger partial charge in [0.1, 0.15) is 11.5 Å². The van der Waals surface area contributed by atoms with Crippen LogP contribution in [0, 0.1) is 25.2 Å². The number of nitrogens with zero attached hydrogens (tertiary/aromatic N) is 2. The fourth-order valence-corrected chi connectivity index (χ4v) is 2.02. The van der Waals surface area contributed by atoms with Crippen molar-refractivity contribution in [3.8, 4) is 17.6 Å². The number of hydrogen-bond donors (Lipinski definition) is 1. The predicted molar refractivity (Wildman–Crippen MR) is 77.5 cm³/mol. The van der Waals surface area contributed by atoms with Crippen molar-refractivity contribution in [3.63, 3.8) is 0 Å². The summed E-state index contributed by atoms with van der Waals surface area (Å²) in [4.78, 5) is 4.27. The summed E-state index contributed by atoms with van der Waals surface area (Å²) in [6, 6.07) is 9.37. The van der Waals surface area contributed by atoms with E-state index in [0.717, 1.165) is 22.6 Å². The average Bonchev–Trinajstić information content (AvgIpc) is 2.43. The maximum Gasteiger partial charge on any atom is 0.145 e. The van der Waals surface area contributed by atoms with Crippen LogP contribution in [0.3, 0.4) is 0 Å². The summed E-state index contributed by atoms with van der Waals surface area (Å²) >= 11 is 0. The highest BCUT2D eigenvalue weighted by molar-refractivity contribution is 5.48. The van der Waals surface area contributed by atoms with Crippen LogP contribution in [0.25, 0.3) is 0 Å². The van der Waals surface area contributed by atoms with Gasteiger partial charge in [-0.1, -0.05) is 0 Å². The topological polar surface area (TPSA) is 71.9 Å². The first kappa shape index (κ1) is 14.0. The van der Waals surface area contributed by atoms with Gasteiger partial charge in [-0.25, -0.2) is 0 Å². The third-order valence-corrected chi connectivity index (χ3v) is 3.04. The van der Waals surface area contributed by atoms with Crippen LogP contribution in [0.5, 0.6) is 11.5 Å². The van der Waals surface area contributed by atoms with Gasteiger partial charge in [0.2, 0.25) is 0 Å². The predicted octanol–water partition coefficient (Wildman–Crippen LogP) is 3.38. The third-order valence-electron chi connectivity index (χ3n) is 3.04. The Morgan fingerprint density at radius 1 is 1.25 bits per heavy atom. The normalized spacial score (nSPS) is 11.8. The van der Waals surface area contributed by atoms with Gasteiger partial charge in [-0.05, 0) is 56.2 Å². The first-order chi connectivity index (χ1) is 9.51. The maximum atomic E-state index is 8.94. The molecule has 1 aromatic heterocycles. The molecule has 20 heavy (non-hydrogen) atoms. The lowest BCUT2D eigenvalue weighted by molar-refractivity contribution is 0.472. The minimum Gasteiger partial charge on any atom is -0.455 e. The van der Waals surface area contributed by atoms with E-state index in [1.807, 2.05) is 45.0 Å². The highest BCUT2D eigenvalue weighted by Gasteiger charge is 2.08. The van der Waals surface area contributed by atoms with E-state index in [1.165, 1.54) is 0 Å². The van der Waals surface area contributed by atoms with Gasteiger partial charge >= 0.3 is 0 Å². The van der Waals surface area contributed by atoms with Crippen molar-refractivity contribution in [3.05, 3.63) is 52.8 Å². The number of hydrogen-bond acceptors (Lipinski definition) is 4. The zero-order chi connectivity index (χ0) is 14.7. The largest absolute Gasteiger partial charge is 0.455 e. The fraction of sp³-hybridized carbons (Fsp3) is 0.250. The molecule has 1 unspecified atom stereocenters. The Morgan fingerprint density at radius 3 is 2.35 bits per heavy atom. The van der Waals surface area contributed by atoms with Crippen molar-refractivity contribution in [1.29, 1.82) is 5.26 Å². The molecule has 0 amide bonds. The van der Waals surface area contributed by atoms with E-state index >= 15 is 0 Å². The van der Waals surface area contributed by atoms with Gasteiger partial charge in [0.15, 0.2) is 0 Å². The molecule has 0 aliphatic carbocycles. The summed E-state index contributed by atoms with van der Waals surface area (Å²) in [5.41, 5.74) is 9.08. The number of nitrogens with two attached hydrogens (primary N) is 1. The van der Waals surface area contributed by atoms with E-state index in [9.17, 15) is 0 Å². The van der Waals surface area contributed by atoms with Gasteiger partial charge < -0.3 is 10.5 Å². The smallest absolute Gasteiger partial charge is 0.145 e. The molecule has 1 atom stereocenters. The first-order valence-electron chi connectivity index (χ1n) is 6.42. The number of ether oxygens (including phenoxy) is 1. The standard InChI is InChI=1S/C16H17N3O/c1-10-6-13(8-17)7-11(2)16(10)20-14-4-5-15(12(3)18)19-9-14/h4-7,9,12H,18H2,1-3H3. The van der Waals surface area contributed by atoms with E-state index in [-0.39, 0.29) is 6.04 Å². The number of aromatic nitrogens is 1. The monoisotopic (exact) mass is 267 g/mol. The van der Waals surface area contributed by atoms with Gasteiger partial charge in [0.05, 0.1) is 23.5 Å². The summed E-state index contributed by atoms with van der Waals surface area (Å²) < 4.78 is 5.86. The molecule has 2 N–H and O–H groups in total. The van der Waals surface area contributed by atoms with Crippen LogP contribution in [0.2, 0.25) is 0 Å². The van der Waals surface area contributed by atoms with Gasteiger partial charge in [-0.3, -0.25) is 4.98 Å². The van der Waals surface area contributed by atoms with E-state index in [0.29, 0.717) is 11.3 Å². The number of aryl methyl sites for hydroxylation is 2. The Morgan fingerprint density at radius 2 is 1.90 bits per heavy atom. The number of pyridine rings is 1. The van der Waals surface area contributed by atoms with Crippen LogP contribution in [0.4, 0.5) is 0 Å². The van der Waals surface area contributed by atoms with E-state index in [2.05, 4.69) is 11.1 Å². The van der Waals surface area contributed by atoms with Crippen LogP contribution >= 0.6 is 0 Å². The van der Waals surface area contributed by atoms with Crippen LogP contribution in [-0.4, -0.2) is 4.98 Å². The summed E-state index contributed by atoms with van der Waals surface area (Å²) in [6.07, 6.45) is 1.66. The second-order valence-corrected chi connectivity index (χ2v) is 4.86. The molecule has 0 aliphatic heterocycles. The summed E-state index contributed by atoms with van der Waals surface area (Å²) in [6.45, 7) is 5.73. The zero-order valence-electron chi connectivity index (χ0n) is 11.8. The highest BCUT2D eigenvalue weighted by atomic mass is 16.5. The third kappa shape index (κ3) is 2.95. The van der Waals surface area contributed by atoms with Crippen LogP contribution in [0.1, 0.15) is 35.3 Å². The van der Waals surface area contributed by atoms with Crippen molar-refractivity contribution in [2.24, 2.45) is 5.73 Å². The number of benzene rings is 1. The Kier molecular flexibility index (Phi) is 4.02. The molecular weight excluding hydrogens is 250 g/mol. The molecule has 4 heteroatoms. The number of nitriles is 1. The Labute approximate surface area is 118 Å². The lowest BCUT2D eigenvalue weighted by Crippen LogP contribution is -2.06. The molecular formula is C16H17N3O. The lowest BCUT2D eigenvalue weighted by Gasteiger charge is -2.12. The molecule has 1 heterocycles. The van der Waals surface area contributed by atoms with Gasteiger partial charge in [0.25, 0.3) is 0 Å². The molecule has 1 aromatic carbocycles. The summed E-state index contributed by atoms with van der Waals surface area (Å²) in [7, 11) is 0. The molecule has 0 aliphatic rings. The molecule has 2 aromatic rings. The van der Waals surface area contributed by atoms with Crippen molar-refractivity contribution < 1.29 is 4.74 Å². The molecule has 0 bridgehead atoms. The van der Waals surface area contributed by atoms with Crippen molar-refractivity contribution in [2.45, 2.75) is 26.8 Å². The van der Waals surface area contributed by atoms with Crippen molar-refractivity contribution in [2.75, 3.05) is 0 Å². The van der Waals surface area contributed by atoms with Crippen molar-refractivity contribution >= 4 is 0 Å². The molecule has 4 nitrogen and oxygen atoms in total.